The third-order valence-corrected chi connectivity index (χ3v) is 6.80. The Kier molecular flexibility index (Phi) is 5.17. The summed E-state index contributed by atoms with van der Waals surface area (Å²) in [6, 6.07) is 4.65. The van der Waals surface area contributed by atoms with Crippen molar-refractivity contribution in [3.63, 3.8) is 0 Å². The lowest BCUT2D eigenvalue weighted by Crippen LogP contribution is -2.53. The number of carbonyl (C=O) groups excluding carboxylic acids is 2. The highest BCUT2D eigenvalue weighted by Gasteiger charge is 2.50. The topological polar surface area (TPSA) is 49.9 Å². The maximum Gasteiger partial charge on any atom is 0.253 e. The van der Waals surface area contributed by atoms with Crippen LogP contribution in [-0.4, -0.2) is 59.5 Å². The minimum absolute atomic E-state index is 0.134. The van der Waals surface area contributed by atoms with Gasteiger partial charge in [0.2, 0.25) is 0 Å². The van der Waals surface area contributed by atoms with Gasteiger partial charge in [-0.25, -0.2) is 4.39 Å². The van der Waals surface area contributed by atoms with Crippen molar-refractivity contribution in [1.29, 1.82) is 0 Å². The summed E-state index contributed by atoms with van der Waals surface area (Å²) in [6.07, 6.45) is 4.16. The molecule has 3 fully saturated rings. The van der Waals surface area contributed by atoms with Crippen LogP contribution in [0.5, 0.6) is 0 Å². The zero-order valence-electron chi connectivity index (χ0n) is 16.7. The standard InChI is InChI=1S/C22H29FN2O3/c1-15-5-6-17(13-18(15)23)20(26)25-12-9-22(16(2)14-25)8-7-19(28-22)21(27)24-10-3-4-11-24/h5-6,13,16,19H,3-4,7-12,14H2,1-2H3/t16-,19+,22+/m0/s1. The van der Waals surface area contributed by atoms with Crippen molar-refractivity contribution in [3.05, 3.63) is 35.1 Å². The summed E-state index contributed by atoms with van der Waals surface area (Å²) in [5.41, 5.74) is 0.603. The number of ether oxygens (including phenoxy) is 1. The molecule has 5 nitrogen and oxygen atoms in total. The van der Waals surface area contributed by atoms with E-state index in [1.54, 1.807) is 24.0 Å². The first kappa shape index (κ1) is 19.4. The molecule has 0 aliphatic carbocycles. The summed E-state index contributed by atoms with van der Waals surface area (Å²) in [4.78, 5) is 29.2. The number of likely N-dealkylation sites (tertiary alicyclic amines) is 2. The molecule has 6 heteroatoms. The molecular weight excluding hydrogens is 359 g/mol. The molecule has 3 aliphatic heterocycles. The van der Waals surface area contributed by atoms with Crippen LogP contribution in [-0.2, 0) is 9.53 Å². The van der Waals surface area contributed by atoms with Gasteiger partial charge < -0.3 is 14.5 Å². The normalized spacial score (nSPS) is 30.2. The number of halogens is 1. The summed E-state index contributed by atoms with van der Waals surface area (Å²) in [5.74, 6) is -0.217. The second-order valence-electron chi connectivity index (χ2n) is 8.61. The van der Waals surface area contributed by atoms with Gasteiger partial charge in [-0.15, -0.1) is 0 Å². The summed E-state index contributed by atoms with van der Waals surface area (Å²) in [6.45, 7) is 6.61. The SMILES string of the molecule is Cc1ccc(C(=O)N2CC[C@]3(CC[C@H](C(=O)N4CCCC4)O3)[C@@H](C)C2)cc1F. The summed E-state index contributed by atoms with van der Waals surface area (Å²) in [5, 5.41) is 0. The first-order valence-corrected chi connectivity index (χ1v) is 10.4. The van der Waals surface area contributed by atoms with E-state index >= 15 is 0 Å². The fourth-order valence-corrected chi connectivity index (χ4v) is 4.89. The van der Waals surface area contributed by atoms with E-state index in [4.69, 9.17) is 4.74 Å². The molecule has 152 valence electrons. The van der Waals surface area contributed by atoms with Crippen LogP contribution in [0.15, 0.2) is 18.2 Å². The van der Waals surface area contributed by atoms with Crippen molar-refractivity contribution >= 4 is 11.8 Å². The van der Waals surface area contributed by atoms with Crippen LogP contribution in [0.4, 0.5) is 4.39 Å². The van der Waals surface area contributed by atoms with Gasteiger partial charge in [-0.05, 0) is 56.7 Å². The van der Waals surface area contributed by atoms with E-state index in [1.807, 2.05) is 4.90 Å². The largest absolute Gasteiger partial charge is 0.362 e. The quantitative estimate of drug-likeness (QED) is 0.782. The molecule has 3 heterocycles. The lowest BCUT2D eigenvalue weighted by molar-refractivity contribution is -0.154. The molecule has 0 radical (unpaired) electrons. The van der Waals surface area contributed by atoms with Gasteiger partial charge in [0.15, 0.2) is 0 Å². The molecule has 0 saturated carbocycles. The molecule has 1 spiro atoms. The third kappa shape index (κ3) is 3.43. The molecule has 0 N–H and O–H groups in total. The molecule has 1 aromatic carbocycles. The Morgan fingerprint density at radius 3 is 2.57 bits per heavy atom. The van der Waals surface area contributed by atoms with Gasteiger partial charge >= 0.3 is 0 Å². The number of rotatable bonds is 2. The van der Waals surface area contributed by atoms with Crippen molar-refractivity contribution < 1.29 is 18.7 Å². The van der Waals surface area contributed by atoms with E-state index in [0.717, 1.165) is 45.2 Å². The lowest BCUT2D eigenvalue weighted by atomic mass is 9.80. The number of hydrogen-bond donors (Lipinski definition) is 0. The van der Waals surface area contributed by atoms with Crippen molar-refractivity contribution in [1.82, 2.24) is 9.80 Å². The van der Waals surface area contributed by atoms with E-state index in [2.05, 4.69) is 6.92 Å². The molecule has 3 saturated heterocycles. The minimum atomic E-state index is -0.352. The first-order chi connectivity index (χ1) is 13.4. The van der Waals surface area contributed by atoms with Gasteiger partial charge in [-0.1, -0.05) is 13.0 Å². The molecule has 2 amide bonds. The molecule has 0 bridgehead atoms. The predicted octanol–water partition coefficient (Wildman–Crippen LogP) is 3.16. The molecule has 3 atom stereocenters. The maximum absolute atomic E-state index is 13.8. The number of carbonyl (C=O) groups is 2. The second kappa shape index (κ2) is 7.47. The van der Waals surface area contributed by atoms with Crippen LogP contribution in [0, 0.1) is 18.7 Å². The van der Waals surface area contributed by atoms with E-state index in [9.17, 15) is 14.0 Å². The molecular formula is C22H29FN2O3. The summed E-state index contributed by atoms with van der Waals surface area (Å²) >= 11 is 0. The number of hydrogen-bond acceptors (Lipinski definition) is 3. The van der Waals surface area contributed by atoms with Crippen LogP contribution < -0.4 is 0 Å². The first-order valence-electron chi connectivity index (χ1n) is 10.4. The Labute approximate surface area is 165 Å². The monoisotopic (exact) mass is 388 g/mol. The number of aryl methyl sites for hydroxylation is 1. The Hall–Kier alpha value is -1.95. The minimum Gasteiger partial charge on any atom is -0.362 e. The van der Waals surface area contributed by atoms with Crippen molar-refractivity contribution in [3.8, 4) is 0 Å². The molecule has 0 unspecified atom stereocenters. The Balaban J connectivity index is 1.40. The van der Waals surface area contributed by atoms with Gasteiger partial charge in [0.05, 0.1) is 5.60 Å². The lowest BCUT2D eigenvalue weighted by Gasteiger charge is -2.44. The van der Waals surface area contributed by atoms with Crippen LogP contribution >= 0.6 is 0 Å². The fraction of sp³-hybridized carbons (Fsp3) is 0.636. The van der Waals surface area contributed by atoms with Crippen LogP contribution in [0.3, 0.4) is 0 Å². The van der Waals surface area contributed by atoms with Crippen LogP contribution in [0.25, 0.3) is 0 Å². The highest BCUT2D eigenvalue weighted by Crippen LogP contribution is 2.43. The summed E-state index contributed by atoms with van der Waals surface area (Å²) < 4.78 is 20.2. The smallest absolute Gasteiger partial charge is 0.253 e. The van der Waals surface area contributed by atoms with E-state index in [1.165, 1.54) is 6.07 Å². The van der Waals surface area contributed by atoms with E-state index in [-0.39, 0.29) is 35.3 Å². The second-order valence-corrected chi connectivity index (χ2v) is 8.61. The van der Waals surface area contributed by atoms with Gasteiger partial charge in [0.25, 0.3) is 11.8 Å². The number of benzene rings is 1. The number of nitrogens with zero attached hydrogens (tertiary/aromatic N) is 2. The maximum atomic E-state index is 13.8. The Bertz CT molecular complexity index is 777. The average Bonchev–Trinajstić information content (AvgIpc) is 3.36. The van der Waals surface area contributed by atoms with E-state index in [0.29, 0.717) is 24.2 Å². The average molecular weight is 388 g/mol. The highest BCUT2D eigenvalue weighted by atomic mass is 19.1. The molecule has 4 rings (SSSR count). The van der Waals surface area contributed by atoms with Gasteiger partial charge in [0, 0.05) is 37.7 Å². The highest BCUT2D eigenvalue weighted by molar-refractivity contribution is 5.94. The van der Waals surface area contributed by atoms with Crippen molar-refractivity contribution in [2.45, 2.75) is 57.7 Å². The van der Waals surface area contributed by atoms with Gasteiger partial charge in [-0.3, -0.25) is 9.59 Å². The zero-order valence-corrected chi connectivity index (χ0v) is 16.7. The zero-order chi connectivity index (χ0) is 19.9. The van der Waals surface area contributed by atoms with Crippen molar-refractivity contribution in [2.75, 3.05) is 26.2 Å². The van der Waals surface area contributed by atoms with Crippen LogP contribution in [0.1, 0.15) is 54.9 Å². The molecule has 3 aliphatic rings. The van der Waals surface area contributed by atoms with Gasteiger partial charge in [-0.2, -0.15) is 0 Å². The molecule has 28 heavy (non-hydrogen) atoms. The van der Waals surface area contributed by atoms with Gasteiger partial charge in [0.1, 0.15) is 11.9 Å². The van der Waals surface area contributed by atoms with Crippen LogP contribution in [0.2, 0.25) is 0 Å². The molecule has 0 aromatic heterocycles. The fourth-order valence-electron chi connectivity index (χ4n) is 4.89. The number of piperidine rings is 1. The van der Waals surface area contributed by atoms with E-state index < -0.39 is 0 Å². The third-order valence-electron chi connectivity index (χ3n) is 6.80. The Morgan fingerprint density at radius 2 is 1.89 bits per heavy atom. The number of amides is 2. The predicted molar refractivity (Wildman–Crippen MR) is 103 cm³/mol. The summed E-state index contributed by atoms with van der Waals surface area (Å²) in [7, 11) is 0. The molecule has 1 aromatic rings. The Morgan fingerprint density at radius 1 is 1.14 bits per heavy atom. The van der Waals surface area contributed by atoms with Crippen molar-refractivity contribution in [2.24, 2.45) is 5.92 Å².